The van der Waals surface area contributed by atoms with Crippen LogP contribution in [0.15, 0.2) is 24.3 Å². The normalized spacial score (nSPS) is 18.9. The van der Waals surface area contributed by atoms with E-state index in [1.54, 1.807) is 12.1 Å². The van der Waals surface area contributed by atoms with E-state index in [1.807, 2.05) is 0 Å². The fraction of sp³-hybridized carbons (Fsp3) is 0.538. The summed E-state index contributed by atoms with van der Waals surface area (Å²) in [7, 11) is 0. The van der Waals surface area contributed by atoms with Crippen LogP contribution in [0, 0.1) is 11.7 Å². The molecule has 0 saturated heterocycles. The van der Waals surface area contributed by atoms with Crippen molar-refractivity contribution in [1.29, 1.82) is 0 Å². The van der Waals surface area contributed by atoms with Crippen molar-refractivity contribution in [2.75, 3.05) is 6.54 Å². The number of rotatable bonds is 6. The number of nitrogens with one attached hydrogen (secondary N) is 1. The van der Waals surface area contributed by atoms with Crippen LogP contribution in [-0.4, -0.2) is 24.2 Å². The first-order chi connectivity index (χ1) is 8.58. The summed E-state index contributed by atoms with van der Waals surface area (Å²) in [5.74, 6) is 0.0706. The molecule has 1 aromatic rings. The Morgan fingerprint density at radius 2 is 1.83 bits per heavy atom. The monoisotopic (exact) mass is 259 g/mol. The summed E-state index contributed by atoms with van der Waals surface area (Å²) in [6.07, 6.45) is -2.35. The van der Waals surface area contributed by atoms with E-state index >= 15 is 0 Å². The molecule has 1 aliphatic rings. The second-order valence-electron chi connectivity index (χ2n) is 4.68. The van der Waals surface area contributed by atoms with Gasteiger partial charge in [0.1, 0.15) is 11.9 Å². The molecule has 0 aliphatic heterocycles. The van der Waals surface area contributed by atoms with E-state index in [-0.39, 0.29) is 18.4 Å². The standard InChI is InChI=1S/C13H16F3NO/c14-10-5-3-9(4-6-10)12(8-1-2-8)17-7-11(18)13(15)16/h3-6,8,11-13,17-18H,1-2,7H2. The highest BCUT2D eigenvalue weighted by molar-refractivity contribution is 5.22. The lowest BCUT2D eigenvalue weighted by Crippen LogP contribution is -2.35. The first-order valence-corrected chi connectivity index (χ1v) is 6.03. The van der Waals surface area contributed by atoms with E-state index in [0.717, 1.165) is 18.4 Å². The Hall–Kier alpha value is -1.07. The van der Waals surface area contributed by atoms with Crippen LogP contribution in [0.3, 0.4) is 0 Å². The lowest BCUT2D eigenvalue weighted by molar-refractivity contribution is -0.00500. The number of hydrogen-bond acceptors (Lipinski definition) is 2. The zero-order valence-corrected chi connectivity index (χ0v) is 9.82. The van der Waals surface area contributed by atoms with Gasteiger partial charge in [-0.3, -0.25) is 0 Å². The molecule has 0 radical (unpaired) electrons. The minimum Gasteiger partial charge on any atom is -0.386 e. The van der Waals surface area contributed by atoms with E-state index in [1.165, 1.54) is 12.1 Å². The highest BCUT2D eigenvalue weighted by Gasteiger charge is 2.32. The molecule has 0 aromatic heterocycles. The Labute approximate surface area is 104 Å². The molecule has 0 bridgehead atoms. The highest BCUT2D eigenvalue weighted by Crippen LogP contribution is 2.40. The average molecular weight is 259 g/mol. The van der Waals surface area contributed by atoms with Gasteiger partial charge in [-0.1, -0.05) is 12.1 Å². The van der Waals surface area contributed by atoms with E-state index in [9.17, 15) is 13.2 Å². The van der Waals surface area contributed by atoms with Crippen LogP contribution < -0.4 is 5.32 Å². The van der Waals surface area contributed by atoms with Gasteiger partial charge in [-0.15, -0.1) is 0 Å². The molecule has 2 N–H and O–H groups in total. The van der Waals surface area contributed by atoms with Crippen molar-refractivity contribution in [2.45, 2.75) is 31.4 Å². The molecular weight excluding hydrogens is 243 g/mol. The summed E-state index contributed by atoms with van der Waals surface area (Å²) < 4.78 is 37.2. The van der Waals surface area contributed by atoms with Crippen molar-refractivity contribution in [2.24, 2.45) is 5.92 Å². The molecule has 0 amide bonds. The van der Waals surface area contributed by atoms with Gasteiger partial charge in [-0.2, -0.15) is 0 Å². The molecule has 0 spiro atoms. The zero-order valence-electron chi connectivity index (χ0n) is 9.82. The van der Waals surface area contributed by atoms with Crippen molar-refractivity contribution in [3.63, 3.8) is 0 Å². The van der Waals surface area contributed by atoms with Crippen LogP contribution in [0.2, 0.25) is 0 Å². The van der Waals surface area contributed by atoms with Crippen molar-refractivity contribution in [1.82, 2.24) is 5.32 Å². The Balaban J connectivity index is 1.98. The van der Waals surface area contributed by atoms with E-state index in [2.05, 4.69) is 5.32 Å². The maximum Gasteiger partial charge on any atom is 0.265 e. The lowest BCUT2D eigenvalue weighted by Gasteiger charge is -2.20. The van der Waals surface area contributed by atoms with Gasteiger partial charge in [0.05, 0.1) is 0 Å². The first-order valence-electron chi connectivity index (χ1n) is 6.03. The third-order valence-electron chi connectivity index (χ3n) is 3.16. The predicted molar refractivity (Wildman–Crippen MR) is 61.9 cm³/mol. The van der Waals surface area contributed by atoms with Gasteiger partial charge in [-0.05, 0) is 36.5 Å². The third kappa shape index (κ3) is 3.46. The largest absolute Gasteiger partial charge is 0.386 e. The lowest BCUT2D eigenvalue weighted by atomic mass is 10.0. The van der Waals surface area contributed by atoms with Gasteiger partial charge in [-0.25, -0.2) is 13.2 Å². The second-order valence-corrected chi connectivity index (χ2v) is 4.68. The van der Waals surface area contributed by atoms with Gasteiger partial charge >= 0.3 is 0 Å². The number of hydrogen-bond donors (Lipinski definition) is 2. The van der Waals surface area contributed by atoms with Crippen molar-refractivity contribution >= 4 is 0 Å². The van der Waals surface area contributed by atoms with Crippen molar-refractivity contribution in [3.8, 4) is 0 Å². The number of alkyl halides is 2. The van der Waals surface area contributed by atoms with Crippen LogP contribution in [0.5, 0.6) is 0 Å². The molecule has 18 heavy (non-hydrogen) atoms. The summed E-state index contributed by atoms with van der Waals surface area (Å²) in [5, 5.41) is 12.0. The fourth-order valence-corrected chi connectivity index (χ4v) is 1.99. The summed E-state index contributed by atoms with van der Waals surface area (Å²) in [6, 6.07) is 5.94. The molecule has 2 nitrogen and oxygen atoms in total. The minimum absolute atomic E-state index is 0.0843. The predicted octanol–water partition coefficient (Wildman–Crippen LogP) is 2.49. The van der Waals surface area contributed by atoms with Gasteiger partial charge in [0.25, 0.3) is 6.43 Å². The van der Waals surface area contributed by atoms with Crippen LogP contribution in [0.4, 0.5) is 13.2 Å². The molecule has 100 valence electrons. The molecule has 2 unspecified atom stereocenters. The van der Waals surface area contributed by atoms with Crippen LogP contribution in [0.1, 0.15) is 24.4 Å². The number of benzene rings is 1. The van der Waals surface area contributed by atoms with Crippen molar-refractivity contribution < 1.29 is 18.3 Å². The molecule has 1 saturated carbocycles. The van der Waals surface area contributed by atoms with Crippen LogP contribution in [0.25, 0.3) is 0 Å². The summed E-state index contributed by atoms with van der Waals surface area (Å²) in [6.45, 7) is -0.157. The first kappa shape index (κ1) is 13.4. The van der Waals surface area contributed by atoms with Gasteiger partial charge < -0.3 is 10.4 Å². The minimum atomic E-state index is -2.74. The Morgan fingerprint density at radius 3 is 2.33 bits per heavy atom. The fourth-order valence-electron chi connectivity index (χ4n) is 1.99. The SMILES string of the molecule is OC(CNC(c1ccc(F)cc1)C1CC1)C(F)F. The molecule has 1 fully saturated rings. The molecule has 2 atom stereocenters. The van der Waals surface area contributed by atoms with E-state index in [0.29, 0.717) is 5.92 Å². The summed E-state index contributed by atoms with van der Waals surface area (Å²) in [5.41, 5.74) is 0.875. The Kier molecular flexibility index (Phi) is 4.24. The second kappa shape index (κ2) is 5.71. The van der Waals surface area contributed by atoms with Crippen molar-refractivity contribution in [3.05, 3.63) is 35.6 Å². The van der Waals surface area contributed by atoms with E-state index < -0.39 is 12.5 Å². The topological polar surface area (TPSA) is 32.3 Å². The molecule has 2 rings (SSSR count). The highest BCUT2D eigenvalue weighted by atomic mass is 19.3. The average Bonchev–Trinajstić information content (AvgIpc) is 3.15. The molecule has 1 aliphatic carbocycles. The van der Waals surface area contributed by atoms with E-state index in [4.69, 9.17) is 5.11 Å². The molecule has 5 heteroatoms. The number of aliphatic hydroxyl groups is 1. The van der Waals surface area contributed by atoms with Crippen LogP contribution >= 0.6 is 0 Å². The van der Waals surface area contributed by atoms with Gasteiger partial charge in [0, 0.05) is 12.6 Å². The quantitative estimate of drug-likeness (QED) is 0.822. The maximum absolute atomic E-state index is 12.8. The number of aliphatic hydroxyl groups excluding tert-OH is 1. The molecule has 0 heterocycles. The molecular formula is C13H16F3NO. The molecule has 1 aromatic carbocycles. The summed E-state index contributed by atoms with van der Waals surface area (Å²) in [4.78, 5) is 0. The van der Waals surface area contributed by atoms with Gasteiger partial charge in [0.2, 0.25) is 0 Å². The summed E-state index contributed by atoms with van der Waals surface area (Å²) >= 11 is 0. The third-order valence-corrected chi connectivity index (χ3v) is 3.16. The smallest absolute Gasteiger partial charge is 0.265 e. The van der Waals surface area contributed by atoms with Gasteiger partial charge in [0.15, 0.2) is 0 Å². The Morgan fingerprint density at radius 1 is 1.22 bits per heavy atom. The van der Waals surface area contributed by atoms with Crippen LogP contribution in [-0.2, 0) is 0 Å². The Bertz CT molecular complexity index is 378. The maximum atomic E-state index is 12.8. The zero-order chi connectivity index (χ0) is 13.1. The number of halogens is 3.